The molecule has 0 bridgehead atoms. The molecule has 5 heteroatoms. The number of pyridine rings is 1. The van der Waals surface area contributed by atoms with E-state index in [2.05, 4.69) is 15.2 Å². The summed E-state index contributed by atoms with van der Waals surface area (Å²) in [6.07, 6.45) is 4.75. The molecule has 0 amide bonds. The number of anilines is 1. The number of rotatable bonds is 5. The van der Waals surface area contributed by atoms with Crippen molar-refractivity contribution in [1.82, 2.24) is 10.3 Å². The monoisotopic (exact) mass is 265 g/mol. The minimum Gasteiger partial charge on any atom is -0.379 e. The van der Waals surface area contributed by atoms with Crippen LogP contribution >= 0.6 is 0 Å². The first-order chi connectivity index (χ1) is 9.24. The maximum absolute atomic E-state index is 13.4. The molecule has 1 N–H and O–H groups in total. The first-order valence-corrected chi connectivity index (χ1v) is 6.92. The van der Waals surface area contributed by atoms with Gasteiger partial charge in [0.1, 0.15) is 11.6 Å². The highest BCUT2D eigenvalue weighted by Crippen LogP contribution is 2.24. The van der Waals surface area contributed by atoms with Crippen LogP contribution in [-0.2, 0) is 11.3 Å². The van der Waals surface area contributed by atoms with Gasteiger partial charge in [-0.05, 0) is 25.3 Å². The Balaban J connectivity index is 1.76. The third kappa shape index (κ3) is 3.04. The number of aromatic nitrogens is 1. The van der Waals surface area contributed by atoms with Gasteiger partial charge in [-0.3, -0.25) is 0 Å². The summed E-state index contributed by atoms with van der Waals surface area (Å²) in [6, 6.07) is 2.54. The van der Waals surface area contributed by atoms with Crippen LogP contribution in [0.5, 0.6) is 0 Å². The van der Waals surface area contributed by atoms with Crippen molar-refractivity contribution in [2.24, 2.45) is 0 Å². The van der Waals surface area contributed by atoms with Gasteiger partial charge in [0.05, 0.1) is 18.8 Å². The molecule has 104 valence electrons. The van der Waals surface area contributed by atoms with Gasteiger partial charge in [0.2, 0.25) is 0 Å². The van der Waals surface area contributed by atoms with E-state index in [1.165, 1.54) is 19.0 Å². The Morgan fingerprint density at radius 3 is 3.00 bits per heavy atom. The van der Waals surface area contributed by atoms with Crippen LogP contribution < -0.4 is 10.2 Å². The Morgan fingerprint density at radius 2 is 2.32 bits per heavy atom. The molecule has 2 heterocycles. The zero-order valence-electron chi connectivity index (χ0n) is 11.2. The molecule has 0 aromatic carbocycles. The fourth-order valence-electron chi connectivity index (χ4n) is 2.46. The van der Waals surface area contributed by atoms with Crippen LogP contribution in [0.1, 0.15) is 24.8 Å². The van der Waals surface area contributed by atoms with Gasteiger partial charge < -0.3 is 15.0 Å². The van der Waals surface area contributed by atoms with Crippen LogP contribution in [0, 0.1) is 5.82 Å². The van der Waals surface area contributed by atoms with Gasteiger partial charge in [-0.1, -0.05) is 0 Å². The number of nitrogens with zero attached hydrogens (tertiary/aromatic N) is 2. The Labute approximate surface area is 113 Å². The number of halogens is 1. The summed E-state index contributed by atoms with van der Waals surface area (Å²) in [5, 5.41) is 3.42. The molecule has 2 aliphatic rings. The number of hydrogen-bond acceptors (Lipinski definition) is 4. The molecule has 19 heavy (non-hydrogen) atoms. The van der Waals surface area contributed by atoms with E-state index in [-0.39, 0.29) is 5.82 Å². The normalized spacial score (nSPS) is 22.7. The molecule has 1 unspecified atom stereocenters. The second-order valence-electron chi connectivity index (χ2n) is 5.42. The predicted octanol–water partition coefficient (Wildman–Crippen LogP) is 1.70. The lowest BCUT2D eigenvalue weighted by Gasteiger charge is -2.26. The number of ether oxygens (including phenoxy) is 1. The smallest absolute Gasteiger partial charge is 0.141 e. The van der Waals surface area contributed by atoms with Crippen molar-refractivity contribution in [2.45, 2.75) is 37.9 Å². The van der Waals surface area contributed by atoms with Gasteiger partial charge >= 0.3 is 0 Å². The van der Waals surface area contributed by atoms with Crippen LogP contribution in [0.4, 0.5) is 10.2 Å². The molecule has 0 radical (unpaired) electrons. The molecule has 1 saturated heterocycles. The van der Waals surface area contributed by atoms with Crippen molar-refractivity contribution in [3.05, 3.63) is 23.6 Å². The van der Waals surface area contributed by atoms with E-state index in [1.807, 2.05) is 7.05 Å². The van der Waals surface area contributed by atoms with Gasteiger partial charge in [-0.2, -0.15) is 0 Å². The predicted molar refractivity (Wildman–Crippen MR) is 71.7 cm³/mol. The van der Waals surface area contributed by atoms with Crippen LogP contribution in [0.3, 0.4) is 0 Å². The quantitative estimate of drug-likeness (QED) is 0.879. The second-order valence-corrected chi connectivity index (χ2v) is 5.42. The summed E-state index contributed by atoms with van der Waals surface area (Å²) in [4.78, 5) is 6.40. The topological polar surface area (TPSA) is 37.4 Å². The Hall–Kier alpha value is -1.20. The molecule has 0 spiro atoms. The van der Waals surface area contributed by atoms with Crippen LogP contribution in [0.2, 0.25) is 0 Å². The van der Waals surface area contributed by atoms with Gasteiger partial charge in [-0.25, -0.2) is 9.37 Å². The minimum absolute atomic E-state index is 0.271. The highest BCUT2D eigenvalue weighted by molar-refractivity contribution is 5.47. The summed E-state index contributed by atoms with van der Waals surface area (Å²) < 4.78 is 18.8. The summed E-state index contributed by atoms with van der Waals surface area (Å²) >= 11 is 0. The van der Waals surface area contributed by atoms with Crippen molar-refractivity contribution in [1.29, 1.82) is 0 Å². The molecule has 1 aliphatic heterocycles. The molecule has 1 atom stereocenters. The molecule has 1 aliphatic carbocycles. The fourth-order valence-corrected chi connectivity index (χ4v) is 2.46. The molecule has 2 fully saturated rings. The standard InChI is InChI=1S/C14H20FN3O/c1-18(13-4-5-19-9-13)14-10(6-11(15)8-17-14)7-16-12-2-3-12/h6,8,12-13,16H,2-5,7,9H2,1H3. The molecular formula is C14H20FN3O. The zero-order valence-corrected chi connectivity index (χ0v) is 11.2. The highest BCUT2D eigenvalue weighted by atomic mass is 19.1. The first kappa shape index (κ1) is 12.8. The van der Waals surface area contributed by atoms with Crippen LogP contribution in [0.25, 0.3) is 0 Å². The largest absolute Gasteiger partial charge is 0.379 e. The van der Waals surface area contributed by atoms with Crippen LogP contribution in [-0.4, -0.2) is 37.3 Å². The van der Waals surface area contributed by atoms with Crippen molar-refractivity contribution in [3.8, 4) is 0 Å². The molecule has 4 nitrogen and oxygen atoms in total. The third-order valence-electron chi connectivity index (χ3n) is 3.86. The van der Waals surface area contributed by atoms with E-state index >= 15 is 0 Å². The Bertz CT molecular complexity index is 444. The number of hydrogen-bond donors (Lipinski definition) is 1. The third-order valence-corrected chi connectivity index (χ3v) is 3.86. The number of likely N-dealkylation sites (N-methyl/N-ethyl adjacent to an activating group) is 1. The lowest BCUT2D eigenvalue weighted by Crippen LogP contribution is -2.34. The van der Waals surface area contributed by atoms with Crippen molar-refractivity contribution < 1.29 is 9.13 Å². The van der Waals surface area contributed by atoms with E-state index in [0.29, 0.717) is 18.6 Å². The molecule has 1 aromatic rings. The summed E-state index contributed by atoms with van der Waals surface area (Å²) in [5.74, 6) is 0.595. The average Bonchev–Trinajstić information content (AvgIpc) is 3.07. The Morgan fingerprint density at radius 1 is 1.47 bits per heavy atom. The molecular weight excluding hydrogens is 245 g/mol. The van der Waals surface area contributed by atoms with E-state index in [1.54, 1.807) is 6.07 Å². The maximum Gasteiger partial charge on any atom is 0.141 e. The average molecular weight is 265 g/mol. The first-order valence-electron chi connectivity index (χ1n) is 6.92. The highest BCUT2D eigenvalue weighted by Gasteiger charge is 2.25. The van der Waals surface area contributed by atoms with E-state index in [0.717, 1.165) is 31.0 Å². The Kier molecular flexibility index (Phi) is 3.66. The summed E-state index contributed by atoms with van der Waals surface area (Å²) in [7, 11) is 2.01. The SMILES string of the molecule is CN(c1ncc(F)cc1CNC1CC1)C1CCOC1. The lowest BCUT2D eigenvalue weighted by molar-refractivity contribution is 0.193. The molecule has 1 saturated carbocycles. The summed E-state index contributed by atoms with van der Waals surface area (Å²) in [5.41, 5.74) is 0.932. The minimum atomic E-state index is -0.271. The number of nitrogens with one attached hydrogen (secondary N) is 1. The lowest BCUT2D eigenvalue weighted by atomic mass is 10.2. The van der Waals surface area contributed by atoms with Crippen molar-refractivity contribution in [2.75, 3.05) is 25.2 Å². The van der Waals surface area contributed by atoms with Gasteiger partial charge in [0.25, 0.3) is 0 Å². The van der Waals surface area contributed by atoms with E-state index in [4.69, 9.17) is 4.74 Å². The van der Waals surface area contributed by atoms with Crippen molar-refractivity contribution in [3.63, 3.8) is 0 Å². The van der Waals surface area contributed by atoms with Crippen LogP contribution in [0.15, 0.2) is 12.3 Å². The van der Waals surface area contributed by atoms with Gasteiger partial charge in [-0.15, -0.1) is 0 Å². The van der Waals surface area contributed by atoms with Gasteiger partial charge in [0.15, 0.2) is 0 Å². The maximum atomic E-state index is 13.4. The molecule has 3 rings (SSSR count). The van der Waals surface area contributed by atoms with E-state index < -0.39 is 0 Å². The second kappa shape index (κ2) is 5.43. The van der Waals surface area contributed by atoms with E-state index in [9.17, 15) is 4.39 Å². The van der Waals surface area contributed by atoms with Gasteiger partial charge in [0, 0.05) is 31.8 Å². The fraction of sp³-hybridized carbons (Fsp3) is 0.643. The van der Waals surface area contributed by atoms with Crippen molar-refractivity contribution >= 4 is 5.82 Å². The molecule has 1 aromatic heterocycles. The summed E-state index contributed by atoms with van der Waals surface area (Å²) in [6.45, 7) is 2.21. The zero-order chi connectivity index (χ0) is 13.2.